The number of hydrogen-bond donors (Lipinski definition) is 1. The summed E-state index contributed by atoms with van der Waals surface area (Å²) in [6.07, 6.45) is 3.93. The molecule has 1 heterocycles. The zero-order chi connectivity index (χ0) is 13.2. The Kier molecular flexibility index (Phi) is 4.42. The van der Waals surface area contributed by atoms with Crippen LogP contribution in [0.3, 0.4) is 0 Å². The zero-order valence-electron chi connectivity index (χ0n) is 10.6. The Bertz CT molecular complexity index is 492. The van der Waals surface area contributed by atoms with Gasteiger partial charge >= 0.3 is 0 Å². The highest BCUT2D eigenvalue weighted by molar-refractivity contribution is 7.91. The van der Waals surface area contributed by atoms with Crippen molar-refractivity contribution in [2.45, 2.75) is 49.4 Å². The minimum atomic E-state index is -3.30. The van der Waals surface area contributed by atoms with Crippen molar-refractivity contribution in [3.8, 4) is 0 Å². The summed E-state index contributed by atoms with van der Waals surface area (Å²) in [6, 6.07) is 1.94. The molecule has 1 saturated carbocycles. The van der Waals surface area contributed by atoms with Gasteiger partial charge in [0.2, 0.25) is 0 Å². The van der Waals surface area contributed by atoms with Gasteiger partial charge in [-0.15, -0.1) is 11.3 Å². The molecule has 0 unspecified atom stereocenters. The maximum atomic E-state index is 12.5. The Hall–Kier alpha value is -0.430. The van der Waals surface area contributed by atoms with Gasteiger partial charge in [0.15, 0.2) is 0 Å². The van der Waals surface area contributed by atoms with Crippen LogP contribution in [-0.2, 0) is 16.6 Å². The second-order valence-electron chi connectivity index (χ2n) is 4.68. The Morgan fingerprint density at radius 3 is 2.72 bits per heavy atom. The molecule has 0 saturated heterocycles. The molecule has 2 rings (SSSR count). The number of hydrogen-bond acceptors (Lipinski definition) is 4. The third-order valence-electron chi connectivity index (χ3n) is 3.11. The molecule has 0 aliphatic heterocycles. The smallest absolute Gasteiger partial charge is 0.252 e. The van der Waals surface area contributed by atoms with Crippen molar-refractivity contribution < 1.29 is 8.42 Å². The van der Waals surface area contributed by atoms with Crippen molar-refractivity contribution in [1.29, 1.82) is 0 Å². The average molecular weight is 288 g/mol. The molecule has 0 aromatic carbocycles. The highest BCUT2D eigenvalue weighted by Gasteiger charge is 2.38. The fourth-order valence-electron chi connectivity index (χ4n) is 1.89. The Morgan fingerprint density at radius 2 is 2.22 bits per heavy atom. The SMILES string of the molecule is CCCCN(C1CC1)S(=O)(=O)c1cc(CN)cs1. The van der Waals surface area contributed by atoms with E-state index in [4.69, 9.17) is 5.73 Å². The highest BCUT2D eigenvalue weighted by atomic mass is 32.2. The molecule has 18 heavy (non-hydrogen) atoms. The lowest BCUT2D eigenvalue weighted by Crippen LogP contribution is -2.33. The summed E-state index contributed by atoms with van der Waals surface area (Å²) >= 11 is 1.28. The lowest BCUT2D eigenvalue weighted by Gasteiger charge is -2.20. The van der Waals surface area contributed by atoms with E-state index in [2.05, 4.69) is 6.92 Å². The molecule has 2 N–H and O–H groups in total. The minimum absolute atomic E-state index is 0.227. The first kappa shape index (κ1) is 14.0. The largest absolute Gasteiger partial charge is 0.326 e. The molecule has 1 aromatic heterocycles. The summed E-state index contributed by atoms with van der Waals surface area (Å²) in [7, 11) is -3.30. The van der Waals surface area contributed by atoms with Crippen molar-refractivity contribution in [2.24, 2.45) is 5.73 Å². The molecule has 0 spiro atoms. The molecular weight excluding hydrogens is 268 g/mol. The summed E-state index contributed by atoms with van der Waals surface area (Å²) in [5, 5.41) is 1.83. The van der Waals surface area contributed by atoms with Crippen LogP contribution in [0.4, 0.5) is 0 Å². The number of thiophene rings is 1. The van der Waals surface area contributed by atoms with E-state index in [9.17, 15) is 8.42 Å². The van der Waals surface area contributed by atoms with E-state index in [1.165, 1.54) is 11.3 Å². The van der Waals surface area contributed by atoms with Gasteiger partial charge in [0.1, 0.15) is 4.21 Å². The van der Waals surface area contributed by atoms with Gasteiger partial charge in [-0.2, -0.15) is 4.31 Å². The van der Waals surface area contributed by atoms with Crippen LogP contribution in [0, 0.1) is 0 Å². The molecule has 1 aliphatic carbocycles. The fourth-order valence-corrected chi connectivity index (χ4v) is 4.96. The zero-order valence-corrected chi connectivity index (χ0v) is 12.3. The summed E-state index contributed by atoms with van der Waals surface area (Å²) in [4.78, 5) is 0. The second-order valence-corrected chi connectivity index (χ2v) is 7.71. The maximum absolute atomic E-state index is 12.5. The van der Waals surface area contributed by atoms with Gasteiger partial charge in [0.25, 0.3) is 10.0 Å². The molecule has 4 nitrogen and oxygen atoms in total. The quantitative estimate of drug-likeness (QED) is 0.836. The molecule has 6 heteroatoms. The van der Waals surface area contributed by atoms with Crippen LogP contribution >= 0.6 is 11.3 Å². The van der Waals surface area contributed by atoms with Crippen molar-refractivity contribution in [2.75, 3.05) is 6.54 Å². The number of nitrogens with two attached hydrogens (primary N) is 1. The van der Waals surface area contributed by atoms with Gasteiger partial charge in [-0.3, -0.25) is 0 Å². The fraction of sp³-hybridized carbons (Fsp3) is 0.667. The lowest BCUT2D eigenvalue weighted by molar-refractivity contribution is 0.397. The van der Waals surface area contributed by atoms with Crippen LogP contribution in [-0.4, -0.2) is 25.3 Å². The second kappa shape index (κ2) is 5.69. The summed E-state index contributed by atoms with van der Waals surface area (Å²) in [5.41, 5.74) is 6.43. The van der Waals surface area contributed by atoms with Gasteiger partial charge in [0.05, 0.1) is 0 Å². The predicted octanol–water partition coefficient (Wildman–Crippen LogP) is 2.16. The molecular formula is C12H20N2O2S2. The van der Waals surface area contributed by atoms with Crippen LogP contribution in [0.5, 0.6) is 0 Å². The van der Waals surface area contributed by atoms with Crippen LogP contribution in [0.2, 0.25) is 0 Å². The normalized spacial score (nSPS) is 16.4. The minimum Gasteiger partial charge on any atom is -0.326 e. The van der Waals surface area contributed by atoms with Gasteiger partial charge in [-0.25, -0.2) is 8.42 Å². The van der Waals surface area contributed by atoms with E-state index in [1.54, 1.807) is 10.4 Å². The van der Waals surface area contributed by atoms with Gasteiger partial charge in [0, 0.05) is 19.1 Å². The summed E-state index contributed by atoms with van der Waals surface area (Å²) in [6.45, 7) is 3.11. The van der Waals surface area contributed by atoms with Gasteiger partial charge in [-0.05, 0) is 36.3 Å². The summed E-state index contributed by atoms with van der Waals surface area (Å²) < 4.78 is 27.2. The van der Waals surface area contributed by atoms with E-state index in [-0.39, 0.29) is 6.04 Å². The molecule has 0 radical (unpaired) electrons. The third-order valence-corrected chi connectivity index (χ3v) is 6.53. The van der Waals surface area contributed by atoms with Crippen LogP contribution < -0.4 is 5.73 Å². The van der Waals surface area contributed by atoms with Crippen LogP contribution in [0.15, 0.2) is 15.7 Å². The average Bonchev–Trinajstić information content (AvgIpc) is 3.05. The molecule has 102 valence electrons. The Balaban J connectivity index is 2.21. The van der Waals surface area contributed by atoms with E-state index in [0.29, 0.717) is 17.3 Å². The standard InChI is InChI=1S/C12H20N2O2S2/c1-2-3-6-14(11-4-5-11)18(15,16)12-7-10(8-13)9-17-12/h7,9,11H,2-6,8,13H2,1H3. The number of sulfonamides is 1. The van der Waals surface area contributed by atoms with E-state index in [0.717, 1.165) is 31.2 Å². The van der Waals surface area contributed by atoms with E-state index >= 15 is 0 Å². The summed E-state index contributed by atoms with van der Waals surface area (Å²) in [5.74, 6) is 0. The Morgan fingerprint density at radius 1 is 1.50 bits per heavy atom. The van der Waals surface area contributed by atoms with E-state index in [1.807, 2.05) is 5.38 Å². The highest BCUT2D eigenvalue weighted by Crippen LogP contribution is 2.34. The van der Waals surface area contributed by atoms with Crippen LogP contribution in [0.1, 0.15) is 38.2 Å². The predicted molar refractivity (Wildman–Crippen MR) is 74.0 cm³/mol. The molecule has 1 fully saturated rings. The Labute approximate surface area is 113 Å². The first-order valence-electron chi connectivity index (χ1n) is 6.39. The number of unbranched alkanes of at least 4 members (excludes halogenated alkanes) is 1. The molecule has 1 aromatic rings. The topological polar surface area (TPSA) is 63.4 Å². The van der Waals surface area contributed by atoms with Crippen LogP contribution in [0.25, 0.3) is 0 Å². The van der Waals surface area contributed by atoms with Crippen molar-refractivity contribution in [3.05, 3.63) is 17.0 Å². The first-order valence-corrected chi connectivity index (χ1v) is 8.71. The van der Waals surface area contributed by atoms with Crippen molar-refractivity contribution in [1.82, 2.24) is 4.31 Å². The molecule has 0 bridgehead atoms. The van der Waals surface area contributed by atoms with Gasteiger partial charge in [-0.1, -0.05) is 13.3 Å². The molecule has 0 amide bonds. The molecule has 1 aliphatic rings. The third kappa shape index (κ3) is 2.93. The van der Waals surface area contributed by atoms with Crippen molar-refractivity contribution in [3.63, 3.8) is 0 Å². The van der Waals surface area contributed by atoms with Crippen molar-refractivity contribution >= 4 is 21.4 Å². The first-order chi connectivity index (χ1) is 8.59. The molecule has 0 atom stereocenters. The number of rotatable bonds is 7. The van der Waals surface area contributed by atoms with Gasteiger partial charge < -0.3 is 5.73 Å². The number of nitrogens with zero attached hydrogens (tertiary/aromatic N) is 1. The van der Waals surface area contributed by atoms with E-state index < -0.39 is 10.0 Å². The lowest BCUT2D eigenvalue weighted by atomic mass is 10.3. The monoisotopic (exact) mass is 288 g/mol. The maximum Gasteiger partial charge on any atom is 0.252 e.